The number of amidine groups is 1. The van der Waals surface area contributed by atoms with E-state index in [4.69, 9.17) is 5.73 Å². The summed E-state index contributed by atoms with van der Waals surface area (Å²) in [6.07, 6.45) is 3.72. The van der Waals surface area contributed by atoms with Crippen LogP contribution in [0.25, 0.3) is 21.8 Å². The second-order valence-corrected chi connectivity index (χ2v) is 7.67. The molecular formula is C23H25FN6O. The first-order valence-corrected chi connectivity index (χ1v) is 10.5. The molecule has 1 aliphatic heterocycles. The zero-order valence-corrected chi connectivity index (χ0v) is 17.3. The van der Waals surface area contributed by atoms with Crippen LogP contribution in [0.3, 0.4) is 0 Å². The second-order valence-electron chi connectivity index (χ2n) is 7.67. The summed E-state index contributed by atoms with van der Waals surface area (Å²) in [4.78, 5) is 1.72. The van der Waals surface area contributed by atoms with Gasteiger partial charge >= 0.3 is 0 Å². The lowest BCUT2D eigenvalue weighted by Crippen LogP contribution is -2.40. The Bertz CT molecular complexity index is 1290. The first-order chi connectivity index (χ1) is 15.1. The lowest BCUT2D eigenvalue weighted by molar-refractivity contribution is 0.159. The van der Waals surface area contributed by atoms with Crippen molar-refractivity contribution in [3.8, 4) is 0 Å². The predicted molar refractivity (Wildman–Crippen MR) is 121 cm³/mol. The van der Waals surface area contributed by atoms with Gasteiger partial charge in [-0.15, -0.1) is 0 Å². The molecule has 2 aromatic heterocycles. The number of nitrogens with zero attached hydrogens (tertiary/aromatic N) is 4. The Morgan fingerprint density at radius 3 is 2.71 bits per heavy atom. The van der Waals surface area contributed by atoms with Gasteiger partial charge in [-0.25, -0.2) is 4.39 Å². The van der Waals surface area contributed by atoms with E-state index >= 15 is 0 Å². The molecule has 5 rings (SSSR count). The molecule has 4 aromatic rings. The van der Waals surface area contributed by atoms with Crippen LogP contribution in [0.4, 0.5) is 10.1 Å². The van der Waals surface area contributed by atoms with Gasteiger partial charge in [0.05, 0.1) is 11.2 Å². The summed E-state index contributed by atoms with van der Waals surface area (Å²) in [7, 11) is 0. The molecule has 8 heteroatoms. The standard InChI is InChI=1S/C23H25FN6O/c1-2-28-13-18(16-6-3-4-7-19(16)28)22-26-27-23(31)30(22)21-14-29(11-5-10-25)20-9-8-15(24)12-17(20)21/h3-4,6-9,12-14,23,27,31H,2,5,10-11,25H2,1H3. The van der Waals surface area contributed by atoms with Crippen molar-refractivity contribution in [3.05, 3.63) is 66.2 Å². The van der Waals surface area contributed by atoms with Gasteiger partial charge in [0.2, 0.25) is 6.35 Å². The molecule has 0 fully saturated rings. The zero-order chi connectivity index (χ0) is 21.5. The summed E-state index contributed by atoms with van der Waals surface area (Å²) in [6, 6.07) is 12.8. The maximum Gasteiger partial charge on any atom is 0.226 e. The lowest BCUT2D eigenvalue weighted by atomic mass is 10.1. The van der Waals surface area contributed by atoms with Crippen LogP contribution < -0.4 is 16.1 Å². The summed E-state index contributed by atoms with van der Waals surface area (Å²) in [6.45, 7) is 4.17. The van der Waals surface area contributed by atoms with Gasteiger partial charge in [-0.2, -0.15) is 5.10 Å². The molecule has 0 aliphatic carbocycles. The number of anilines is 1. The van der Waals surface area contributed by atoms with E-state index < -0.39 is 6.35 Å². The molecule has 2 aromatic carbocycles. The van der Waals surface area contributed by atoms with Gasteiger partial charge in [-0.05, 0) is 44.2 Å². The van der Waals surface area contributed by atoms with Crippen molar-refractivity contribution in [2.75, 3.05) is 11.4 Å². The van der Waals surface area contributed by atoms with Gasteiger partial charge in [-0.3, -0.25) is 10.3 Å². The summed E-state index contributed by atoms with van der Waals surface area (Å²) in [5.74, 6) is 0.270. The Balaban J connectivity index is 1.68. The molecule has 4 N–H and O–H groups in total. The van der Waals surface area contributed by atoms with Gasteiger partial charge in [0.15, 0.2) is 5.84 Å². The normalized spacial score (nSPS) is 16.3. The molecule has 0 saturated carbocycles. The van der Waals surface area contributed by atoms with Crippen LogP contribution in [0.5, 0.6) is 0 Å². The van der Waals surface area contributed by atoms with Gasteiger partial charge < -0.3 is 20.0 Å². The number of benzene rings is 2. The highest BCUT2D eigenvalue weighted by molar-refractivity contribution is 6.20. The molecular weight excluding hydrogens is 395 g/mol. The number of nitrogens with one attached hydrogen (secondary N) is 1. The van der Waals surface area contributed by atoms with Crippen molar-refractivity contribution >= 4 is 33.3 Å². The van der Waals surface area contributed by atoms with Gasteiger partial charge in [0.1, 0.15) is 5.82 Å². The summed E-state index contributed by atoms with van der Waals surface area (Å²) >= 11 is 0. The smallest absolute Gasteiger partial charge is 0.226 e. The molecule has 0 amide bonds. The Morgan fingerprint density at radius 2 is 1.90 bits per heavy atom. The molecule has 7 nitrogen and oxygen atoms in total. The van der Waals surface area contributed by atoms with Crippen LogP contribution >= 0.6 is 0 Å². The minimum Gasteiger partial charge on any atom is -0.355 e. The summed E-state index contributed by atoms with van der Waals surface area (Å²) in [5, 5.41) is 17.0. The van der Waals surface area contributed by atoms with Crippen LogP contribution in [0.1, 0.15) is 18.9 Å². The van der Waals surface area contributed by atoms with E-state index in [1.807, 2.05) is 30.6 Å². The quantitative estimate of drug-likeness (QED) is 0.447. The lowest BCUT2D eigenvalue weighted by Gasteiger charge is -2.22. The number of nitrogens with two attached hydrogens (primary N) is 1. The van der Waals surface area contributed by atoms with Gasteiger partial charge in [0.25, 0.3) is 0 Å². The maximum absolute atomic E-state index is 14.2. The topological polar surface area (TPSA) is 83.7 Å². The third-order valence-corrected chi connectivity index (χ3v) is 5.81. The number of rotatable bonds is 6. The number of hydrogen-bond acceptors (Lipinski definition) is 5. The molecule has 31 heavy (non-hydrogen) atoms. The Morgan fingerprint density at radius 1 is 1.10 bits per heavy atom. The SMILES string of the molecule is CCn1cc(C2=NNC(O)N2c2cn(CCCN)c3ccc(F)cc23)c2ccccc21. The molecule has 0 saturated heterocycles. The van der Waals surface area contributed by atoms with Crippen LogP contribution in [0.15, 0.2) is 60.0 Å². The highest BCUT2D eigenvalue weighted by Crippen LogP contribution is 2.35. The first-order valence-electron chi connectivity index (χ1n) is 10.5. The van der Waals surface area contributed by atoms with Crippen molar-refractivity contribution in [1.82, 2.24) is 14.6 Å². The molecule has 160 valence electrons. The highest BCUT2D eigenvalue weighted by atomic mass is 19.1. The van der Waals surface area contributed by atoms with E-state index in [1.54, 1.807) is 11.0 Å². The van der Waals surface area contributed by atoms with Crippen LogP contribution in [-0.2, 0) is 13.1 Å². The number of aliphatic hydroxyl groups is 1. The van der Waals surface area contributed by atoms with E-state index in [0.717, 1.165) is 34.9 Å². The summed E-state index contributed by atoms with van der Waals surface area (Å²) in [5.41, 5.74) is 12.1. The number of hydrogen-bond donors (Lipinski definition) is 3. The minimum absolute atomic E-state index is 0.326. The van der Waals surface area contributed by atoms with E-state index in [2.05, 4.69) is 32.7 Å². The average molecular weight is 420 g/mol. The van der Waals surface area contributed by atoms with Crippen LogP contribution in [0, 0.1) is 5.82 Å². The number of fused-ring (bicyclic) bond motifs is 2. The van der Waals surface area contributed by atoms with Gasteiger partial charge in [-0.1, -0.05) is 18.2 Å². The molecule has 0 spiro atoms. The van der Waals surface area contributed by atoms with Crippen molar-refractivity contribution < 1.29 is 9.50 Å². The number of hydrazone groups is 1. The number of aryl methyl sites for hydroxylation is 2. The predicted octanol–water partition coefficient (Wildman–Crippen LogP) is 3.15. The molecule has 0 bridgehead atoms. The Hall–Kier alpha value is -3.36. The minimum atomic E-state index is -1.06. The molecule has 1 aliphatic rings. The third-order valence-electron chi connectivity index (χ3n) is 5.81. The van der Waals surface area contributed by atoms with E-state index in [1.165, 1.54) is 12.1 Å². The van der Waals surface area contributed by atoms with Crippen LogP contribution in [-0.4, -0.2) is 33.0 Å². The fraction of sp³-hybridized carbons (Fsp3) is 0.261. The summed E-state index contributed by atoms with van der Waals surface area (Å²) < 4.78 is 18.4. The fourth-order valence-corrected chi connectivity index (χ4v) is 4.36. The molecule has 1 unspecified atom stereocenters. The van der Waals surface area contributed by atoms with E-state index in [9.17, 15) is 9.50 Å². The third kappa shape index (κ3) is 3.15. The maximum atomic E-state index is 14.2. The monoisotopic (exact) mass is 420 g/mol. The Kier molecular flexibility index (Phi) is 4.88. The van der Waals surface area contributed by atoms with Crippen LogP contribution in [0.2, 0.25) is 0 Å². The molecule has 0 radical (unpaired) electrons. The fourth-order valence-electron chi connectivity index (χ4n) is 4.36. The molecule has 3 heterocycles. The van der Waals surface area contributed by atoms with Crippen molar-refractivity contribution in [2.24, 2.45) is 10.8 Å². The second kappa shape index (κ2) is 7.72. The van der Waals surface area contributed by atoms with E-state index in [-0.39, 0.29) is 5.82 Å². The first kappa shape index (κ1) is 19.6. The highest BCUT2D eigenvalue weighted by Gasteiger charge is 2.32. The number of aliphatic hydroxyl groups excluding tert-OH is 1. The van der Waals surface area contributed by atoms with Crippen molar-refractivity contribution in [3.63, 3.8) is 0 Å². The number of aromatic nitrogens is 2. The largest absolute Gasteiger partial charge is 0.355 e. The number of halogens is 1. The van der Waals surface area contributed by atoms with Crippen molar-refractivity contribution in [1.29, 1.82) is 0 Å². The van der Waals surface area contributed by atoms with Gasteiger partial charge in [0, 0.05) is 47.3 Å². The average Bonchev–Trinajstić information content (AvgIpc) is 3.44. The number of para-hydroxylation sites is 1. The Labute approximate surface area is 179 Å². The van der Waals surface area contributed by atoms with E-state index in [0.29, 0.717) is 30.0 Å². The van der Waals surface area contributed by atoms with Crippen molar-refractivity contribution in [2.45, 2.75) is 32.8 Å². The molecule has 1 atom stereocenters. The zero-order valence-electron chi connectivity index (χ0n) is 17.3.